The zero-order valence-corrected chi connectivity index (χ0v) is 17.0. The summed E-state index contributed by atoms with van der Waals surface area (Å²) in [6, 6.07) is 3.16. The quantitative estimate of drug-likeness (QED) is 0.529. The van der Waals surface area contributed by atoms with Crippen molar-refractivity contribution in [2.45, 2.75) is 26.2 Å². The summed E-state index contributed by atoms with van der Waals surface area (Å²) in [5.41, 5.74) is 1.12. The Morgan fingerprint density at radius 1 is 1.32 bits per heavy atom. The molecule has 3 aromatic heterocycles. The number of anilines is 3. The predicted octanol–water partition coefficient (Wildman–Crippen LogP) is 2.97. The molecule has 1 amide bonds. The van der Waals surface area contributed by atoms with E-state index in [2.05, 4.69) is 30.7 Å². The predicted molar refractivity (Wildman–Crippen MR) is 114 cm³/mol. The zero-order chi connectivity index (χ0) is 24.5. The number of pyridine rings is 2. The van der Waals surface area contributed by atoms with E-state index in [1.807, 2.05) is 0 Å². The summed E-state index contributed by atoms with van der Waals surface area (Å²) in [5.74, 6) is 0.679. The van der Waals surface area contributed by atoms with Crippen molar-refractivity contribution in [2.24, 2.45) is 12.9 Å². The first kappa shape index (κ1) is 16.9. The summed E-state index contributed by atoms with van der Waals surface area (Å²) in [7, 11) is 1.43. The summed E-state index contributed by atoms with van der Waals surface area (Å²) in [5, 5.41) is 9.89. The van der Waals surface area contributed by atoms with Crippen molar-refractivity contribution >= 4 is 29.0 Å². The molecule has 3 aromatic rings. The summed E-state index contributed by atoms with van der Waals surface area (Å²) < 4.78 is 28.8. The van der Waals surface area contributed by atoms with Crippen LogP contribution in [0.2, 0.25) is 0 Å². The normalized spacial score (nSPS) is 14.8. The summed E-state index contributed by atoms with van der Waals surface area (Å²) >= 11 is 0. The molecule has 1 aliphatic carbocycles. The highest BCUT2D eigenvalue weighted by Gasteiger charge is 2.30. The molecule has 2 N–H and O–H groups in total. The lowest BCUT2D eigenvalue weighted by Crippen LogP contribution is -2.15. The molecule has 1 aliphatic rings. The van der Waals surface area contributed by atoms with E-state index in [9.17, 15) is 9.59 Å². The van der Waals surface area contributed by atoms with E-state index in [4.69, 9.17) is 8.85 Å². The number of Topliss-reactive ketones (excluding diaryl/α,β-unsaturated/α-hetero) is 1. The van der Waals surface area contributed by atoms with Gasteiger partial charge in [-0.2, -0.15) is 5.10 Å². The third-order valence-corrected chi connectivity index (χ3v) is 4.82. The van der Waals surface area contributed by atoms with E-state index >= 15 is 0 Å². The van der Waals surface area contributed by atoms with Crippen molar-refractivity contribution in [3.63, 3.8) is 0 Å². The number of aromatic nitrogens is 5. The van der Waals surface area contributed by atoms with E-state index in [1.165, 1.54) is 19.5 Å². The van der Waals surface area contributed by atoms with E-state index in [1.54, 1.807) is 19.1 Å². The van der Waals surface area contributed by atoms with Crippen molar-refractivity contribution in [1.29, 1.82) is 0 Å². The molecule has 10 heteroatoms. The van der Waals surface area contributed by atoms with Gasteiger partial charge in [-0.1, -0.05) is 6.92 Å². The fourth-order valence-corrected chi connectivity index (χ4v) is 3.05. The monoisotopic (exact) mass is 424 g/mol. The van der Waals surface area contributed by atoms with Crippen LogP contribution >= 0.6 is 0 Å². The number of ether oxygens (including phenoxy) is 1. The minimum atomic E-state index is -2.47. The second-order valence-corrected chi connectivity index (χ2v) is 7.03. The molecule has 160 valence electrons. The SMILES string of the molecule is [2H]C([2H])([2H])n1cnc(-c2ccnc(Nc3cc(NC(=O)C4CC4)ncc3C(=O)CC)c2OC)n1. The van der Waals surface area contributed by atoms with Crippen LogP contribution in [0.1, 0.15) is 40.7 Å². The van der Waals surface area contributed by atoms with E-state index in [-0.39, 0.29) is 41.4 Å². The first-order valence-electron chi connectivity index (χ1n) is 11.3. The smallest absolute Gasteiger partial charge is 0.228 e. The molecule has 0 spiro atoms. The third kappa shape index (κ3) is 4.37. The molecular formula is C21H23N7O3. The number of methoxy groups -OCH3 is 1. The van der Waals surface area contributed by atoms with Crippen LogP contribution in [-0.2, 0) is 11.8 Å². The maximum atomic E-state index is 12.5. The minimum Gasteiger partial charge on any atom is -0.492 e. The number of carbonyl (C=O) groups is 2. The Morgan fingerprint density at radius 2 is 2.16 bits per heavy atom. The number of nitrogens with one attached hydrogen (secondary N) is 2. The second kappa shape index (κ2) is 8.50. The Kier molecular flexibility index (Phi) is 4.64. The molecule has 0 radical (unpaired) electrons. The molecule has 0 aliphatic heterocycles. The van der Waals surface area contributed by atoms with Gasteiger partial charge in [-0.05, 0) is 18.9 Å². The first-order valence-corrected chi connectivity index (χ1v) is 9.78. The highest BCUT2D eigenvalue weighted by Crippen LogP contribution is 2.36. The van der Waals surface area contributed by atoms with Crippen molar-refractivity contribution in [3.05, 3.63) is 36.4 Å². The molecule has 1 saturated carbocycles. The van der Waals surface area contributed by atoms with E-state index in [0.29, 0.717) is 22.6 Å². The van der Waals surface area contributed by atoms with Crippen molar-refractivity contribution in [3.8, 4) is 17.1 Å². The third-order valence-electron chi connectivity index (χ3n) is 4.82. The van der Waals surface area contributed by atoms with Gasteiger partial charge in [-0.3, -0.25) is 14.3 Å². The van der Waals surface area contributed by atoms with Crippen molar-refractivity contribution < 1.29 is 18.4 Å². The van der Waals surface area contributed by atoms with Crippen LogP contribution in [-0.4, -0.2) is 43.5 Å². The average Bonchev–Trinajstić information content (AvgIpc) is 3.54. The number of nitrogens with zero attached hydrogens (tertiary/aromatic N) is 5. The standard InChI is InChI=1S/C21H23N7O3/c1-4-16(29)14-10-23-17(26-21(30)12-5-6-12)9-15(14)25-20-18(31-3)13(7-8-22-20)19-24-11-28(2)27-19/h7-12H,4-6H2,1-3H3,(H2,22,23,25,26,30)/i2D3. The van der Waals surface area contributed by atoms with Crippen LogP contribution < -0.4 is 15.4 Å². The maximum absolute atomic E-state index is 12.5. The van der Waals surface area contributed by atoms with E-state index in [0.717, 1.165) is 23.9 Å². The van der Waals surface area contributed by atoms with Crippen LogP contribution in [0, 0.1) is 5.92 Å². The molecule has 3 heterocycles. The fourth-order valence-electron chi connectivity index (χ4n) is 3.05. The van der Waals surface area contributed by atoms with Gasteiger partial charge in [0.25, 0.3) is 0 Å². The Morgan fingerprint density at radius 3 is 2.84 bits per heavy atom. The molecule has 0 saturated heterocycles. The summed E-state index contributed by atoms with van der Waals surface area (Å²) in [6.45, 7) is -0.734. The van der Waals surface area contributed by atoms with Crippen molar-refractivity contribution in [2.75, 3.05) is 17.7 Å². The van der Waals surface area contributed by atoms with Crippen molar-refractivity contribution in [1.82, 2.24) is 24.7 Å². The minimum absolute atomic E-state index is 0.00388. The van der Waals surface area contributed by atoms with Gasteiger partial charge in [0, 0.05) is 41.9 Å². The Labute approximate surface area is 183 Å². The molecule has 0 atom stereocenters. The topological polar surface area (TPSA) is 124 Å². The molecular weight excluding hydrogens is 398 g/mol. The van der Waals surface area contributed by atoms with Crippen LogP contribution in [0.25, 0.3) is 11.4 Å². The first-order chi connectivity index (χ1) is 16.2. The Hall–Kier alpha value is -3.82. The number of hydrogen-bond donors (Lipinski definition) is 2. The number of hydrogen-bond acceptors (Lipinski definition) is 8. The number of rotatable bonds is 8. The Bertz CT molecular complexity index is 1240. The lowest BCUT2D eigenvalue weighted by Gasteiger charge is -2.15. The molecule has 31 heavy (non-hydrogen) atoms. The highest BCUT2D eigenvalue weighted by molar-refractivity contribution is 6.02. The van der Waals surface area contributed by atoms with Gasteiger partial charge in [-0.15, -0.1) is 0 Å². The molecule has 4 rings (SSSR count). The summed E-state index contributed by atoms with van der Waals surface area (Å²) in [6.07, 6.45) is 5.96. The second-order valence-electron chi connectivity index (χ2n) is 7.03. The average molecular weight is 424 g/mol. The molecule has 0 unspecified atom stereocenters. The highest BCUT2D eigenvalue weighted by atomic mass is 16.5. The lowest BCUT2D eigenvalue weighted by molar-refractivity contribution is -0.117. The number of ketones is 1. The number of carbonyl (C=O) groups excluding carboxylic acids is 2. The van der Waals surface area contributed by atoms with Gasteiger partial charge in [-0.25, -0.2) is 15.0 Å². The molecule has 0 aromatic carbocycles. The number of aryl methyl sites for hydroxylation is 1. The van der Waals surface area contributed by atoms with Crippen LogP contribution in [0.3, 0.4) is 0 Å². The van der Waals surface area contributed by atoms with Gasteiger partial charge in [0.2, 0.25) is 5.91 Å². The van der Waals surface area contributed by atoms with Gasteiger partial charge in [0.15, 0.2) is 23.2 Å². The summed E-state index contributed by atoms with van der Waals surface area (Å²) in [4.78, 5) is 37.3. The zero-order valence-electron chi connectivity index (χ0n) is 20.0. The number of amides is 1. The van der Waals surface area contributed by atoms with Gasteiger partial charge in [0.05, 0.1) is 23.9 Å². The largest absolute Gasteiger partial charge is 0.492 e. The van der Waals surface area contributed by atoms with Crippen LogP contribution in [0.4, 0.5) is 17.3 Å². The fraction of sp³-hybridized carbons (Fsp3) is 0.333. The maximum Gasteiger partial charge on any atom is 0.228 e. The molecule has 1 fully saturated rings. The van der Waals surface area contributed by atoms with Gasteiger partial charge < -0.3 is 15.4 Å². The van der Waals surface area contributed by atoms with Crippen LogP contribution in [0.15, 0.2) is 30.9 Å². The molecule has 10 nitrogen and oxygen atoms in total. The van der Waals surface area contributed by atoms with E-state index < -0.39 is 6.98 Å². The van der Waals surface area contributed by atoms with Gasteiger partial charge >= 0.3 is 0 Å². The Balaban J connectivity index is 1.71. The lowest BCUT2D eigenvalue weighted by atomic mass is 10.1. The van der Waals surface area contributed by atoms with Crippen LogP contribution in [0.5, 0.6) is 5.75 Å². The van der Waals surface area contributed by atoms with Gasteiger partial charge in [0.1, 0.15) is 12.1 Å². The molecule has 0 bridgehead atoms.